The number of nitrogens with zero attached hydrogens (tertiary/aromatic N) is 3. The Morgan fingerprint density at radius 1 is 1.80 bits per heavy atom. The summed E-state index contributed by atoms with van der Waals surface area (Å²) in [4.78, 5) is 18.1. The van der Waals surface area contributed by atoms with Gasteiger partial charge in [0.25, 0.3) is 0 Å². The number of carbonyl (C=O) groups is 1. The lowest BCUT2D eigenvalue weighted by Gasteiger charge is -2.10. The van der Waals surface area contributed by atoms with Gasteiger partial charge < -0.3 is 10.4 Å². The number of anilines is 1. The van der Waals surface area contributed by atoms with E-state index in [1.165, 1.54) is 12.3 Å². The molecule has 0 aliphatic rings. The Hall–Kier alpha value is -2.16. The number of aromatic nitrogens is 2. The van der Waals surface area contributed by atoms with Gasteiger partial charge in [-0.1, -0.05) is 0 Å². The second-order valence-corrected chi connectivity index (χ2v) is 3.02. The molecule has 0 saturated heterocycles. The van der Waals surface area contributed by atoms with Crippen molar-refractivity contribution in [3.05, 3.63) is 18.0 Å². The van der Waals surface area contributed by atoms with Gasteiger partial charge in [0.05, 0.1) is 6.42 Å². The number of carboxylic acids is 1. The minimum Gasteiger partial charge on any atom is -0.481 e. The molecule has 1 aromatic heterocycles. The van der Waals surface area contributed by atoms with Crippen LogP contribution in [0.5, 0.6) is 0 Å². The first-order chi connectivity index (χ1) is 7.11. The van der Waals surface area contributed by atoms with Gasteiger partial charge in [0, 0.05) is 12.2 Å². The number of rotatable bonds is 4. The molecule has 1 aromatic rings. The van der Waals surface area contributed by atoms with Crippen molar-refractivity contribution < 1.29 is 9.90 Å². The van der Waals surface area contributed by atoms with E-state index in [0.717, 1.165) is 0 Å². The van der Waals surface area contributed by atoms with Gasteiger partial charge in [-0.15, -0.1) is 0 Å². The van der Waals surface area contributed by atoms with E-state index >= 15 is 0 Å². The minimum atomic E-state index is -0.897. The maximum atomic E-state index is 10.4. The monoisotopic (exact) mass is 206 g/mol. The van der Waals surface area contributed by atoms with Crippen LogP contribution in [-0.4, -0.2) is 27.1 Å². The maximum Gasteiger partial charge on any atom is 0.305 e. The van der Waals surface area contributed by atoms with Crippen LogP contribution in [0, 0.1) is 11.3 Å². The van der Waals surface area contributed by atoms with E-state index in [9.17, 15) is 4.79 Å². The van der Waals surface area contributed by atoms with Crippen molar-refractivity contribution in [3.8, 4) is 6.07 Å². The van der Waals surface area contributed by atoms with Gasteiger partial charge in [-0.2, -0.15) is 5.26 Å². The molecule has 6 heteroatoms. The lowest BCUT2D eigenvalue weighted by Crippen LogP contribution is -2.20. The first-order valence-corrected chi connectivity index (χ1v) is 4.33. The zero-order valence-corrected chi connectivity index (χ0v) is 8.14. The topological polar surface area (TPSA) is 98.9 Å². The smallest absolute Gasteiger partial charge is 0.305 e. The molecule has 0 radical (unpaired) electrons. The fourth-order valence-corrected chi connectivity index (χ4v) is 1.02. The number of hydrogen-bond acceptors (Lipinski definition) is 5. The second-order valence-electron chi connectivity index (χ2n) is 3.02. The average molecular weight is 206 g/mol. The molecule has 0 amide bonds. The normalized spacial score (nSPS) is 11.5. The molecule has 15 heavy (non-hydrogen) atoms. The summed E-state index contributed by atoms with van der Waals surface area (Å²) in [5, 5.41) is 19.9. The van der Waals surface area contributed by atoms with E-state index < -0.39 is 5.97 Å². The van der Waals surface area contributed by atoms with Crippen LogP contribution in [-0.2, 0) is 4.79 Å². The number of carboxylic acid groups (broad SMARTS) is 1. The summed E-state index contributed by atoms with van der Waals surface area (Å²) < 4.78 is 0. The molecular weight excluding hydrogens is 196 g/mol. The van der Waals surface area contributed by atoms with Crippen molar-refractivity contribution in [2.45, 2.75) is 19.4 Å². The quantitative estimate of drug-likeness (QED) is 0.749. The Kier molecular flexibility index (Phi) is 3.57. The first kappa shape index (κ1) is 10.9. The third-order valence-electron chi connectivity index (χ3n) is 1.63. The van der Waals surface area contributed by atoms with E-state index in [1.54, 1.807) is 6.92 Å². The summed E-state index contributed by atoms with van der Waals surface area (Å²) in [6.07, 6.45) is 1.42. The standard InChI is InChI=1S/C9H10N4O2/c1-6(4-8(14)15)12-9-11-3-2-7(5-10)13-9/h2-3,6H,4H2,1H3,(H,14,15)(H,11,12,13). The molecule has 0 aliphatic carbocycles. The van der Waals surface area contributed by atoms with Gasteiger partial charge in [0.2, 0.25) is 5.95 Å². The van der Waals surface area contributed by atoms with Crippen LogP contribution in [0.4, 0.5) is 5.95 Å². The van der Waals surface area contributed by atoms with E-state index in [-0.39, 0.29) is 24.1 Å². The highest BCUT2D eigenvalue weighted by atomic mass is 16.4. The zero-order valence-electron chi connectivity index (χ0n) is 8.14. The number of aliphatic carboxylic acids is 1. The Morgan fingerprint density at radius 3 is 3.13 bits per heavy atom. The Bertz CT molecular complexity index is 399. The fourth-order valence-electron chi connectivity index (χ4n) is 1.02. The van der Waals surface area contributed by atoms with Crippen molar-refractivity contribution in [2.75, 3.05) is 5.32 Å². The zero-order chi connectivity index (χ0) is 11.3. The Balaban J connectivity index is 2.64. The third-order valence-corrected chi connectivity index (χ3v) is 1.63. The molecule has 1 rings (SSSR count). The maximum absolute atomic E-state index is 10.4. The molecule has 1 atom stereocenters. The van der Waals surface area contributed by atoms with Crippen LogP contribution < -0.4 is 5.32 Å². The fraction of sp³-hybridized carbons (Fsp3) is 0.333. The van der Waals surface area contributed by atoms with Crippen molar-refractivity contribution in [3.63, 3.8) is 0 Å². The Morgan fingerprint density at radius 2 is 2.53 bits per heavy atom. The highest BCUT2D eigenvalue weighted by Crippen LogP contribution is 2.03. The van der Waals surface area contributed by atoms with Crippen LogP contribution >= 0.6 is 0 Å². The molecule has 0 aromatic carbocycles. The van der Waals surface area contributed by atoms with Gasteiger partial charge >= 0.3 is 5.97 Å². The predicted octanol–water partition coefficient (Wildman–Crippen LogP) is 0.623. The van der Waals surface area contributed by atoms with Gasteiger partial charge in [0.15, 0.2) is 0 Å². The summed E-state index contributed by atoms with van der Waals surface area (Å²) in [7, 11) is 0. The largest absolute Gasteiger partial charge is 0.481 e. The number of nitriles is 1. The summed E-state index contributed by atoms with van der Waals surface area (Å²) in [6.45, 7) is 1.70. The van der Waals surface area contributed by atoms with Gasteiger partial charge in [0.1, 0.15) is 11.8 Å². The summed E-state index contributed by atoms with van der Waals surface area (Å²) >= 11 is 0. The average Bonchev–Trinajstić information content (AvgIpc) is 2.16. The van der Waals surface area contributed by atoms with E-state index in [2.05, 4.69) is 15.3 Å². The van der Waals surface area contributed by atoms with Crippen LogP contribution in [0.15, 0.2) is 12.3 Å². The summed E-state index contributed by atoms with van der Waals surface area (Å²) in [6, 6.07) is 3.07. The molecule has 1 heterocycles. The number of nitrogens with one attached hydrogen (secondary N) is 1. The molecule has 2 N–H and O–H groups in total. The van der Waals surface area contributed by atoms with Crippen molar-refractivity contribution in [1.82, 2.24) is 9.97 Å². The van der Waals surface area contributed by atoms with Gasteiger partial charge in [-0.05, 0) is 13.0 Å². The van der Waals surface area contributed by atoms with Crippen LogP contribution in [0.3, 0.4) is 0 Å². The molecule has 6 nitrogen and oxygen atoms in total. The molecule has 0 spiro atoms. The molecule has 0 bridgehead atoms. The van der Waals surface area contributed by atoms with Crippen LogP contribution in [0.1, 0.15) is 19.0 Å². The van der Waals surface area contributed by atoms with Gasteiger partial charge in [-0.3, -0.25) is 4.79 Å². The second kappa shape index (κ2) is 4.91. The van der Waals surface area contributed by atoms with Crippen molar-refractivity contribution >= 4 is 11.9 Å². The third kappa shape index (κ3) is 3.60. The molecular formula is C9H10N4O2. The summed E-state index contributed by atoms with van der Waals surface area (Å²) in [5.41, 5.74) is 0.245. The van der Waals surface area contributed by atoms with E-state index in [1.807, 2.05) is 6.07 Å². The molecule has 0 fully saturated rings. The first-order valence-electron chi connectivity index (χ1n) is 4.33. The highest BCUT2D eigenvalue weighted by molar-refractivity contribution is 5.68. The molecule has 1 unspecified atom stereocenters. The van der Waals surface area contributed by atoms with Crippen LogP contribution in [0.25, 0.3) is 0 Å². The SMILES string of the molecule is CC(CC(=O)O)Nc1nccc(C#N)n1. The lowest BCUT2D eigenvalue weighted by atomic mass is 10.2. The van der Waals surface area contributed by atoms with Gasteiger partial charge in [-0.25, -0.2) is 9.97 Å². The summed E-state index contributed by atoms with van der Waals surface area (Å²) in [5.74, 6) is -0.630. The van der Waals surface area contributed by atoms with Crippen molar-refractivity contribution in [1.29, 1.82) is 5.26 Å². The Labute approximate surface area is 86.6 Å². The molecule has 0 saturated carbocycles. The predicted molar refractivity (Wildman–Crippen MR) is 52.1 cm³/mol. The molecule has 78 valence electrons. The minimum absolute atomic E-state index is 0.0276. The van der Waals surface area contributed by atoms with Crippen molar-refractivity contribution in [2.24, 2.45) is 0 Å². The van der Waals surface area contributed by atoms with E-state index in [0.29, 0.717) is 0 Å². The van der Waals surface area contributed by atoms with E-state index in [4.69, 9.17) is 10.4 Å². The number of hydrogen-bond donors (Lipinski definition) is 2. The molecule has 0 aliphatic heterocycles. The van der Waals surface area contributed by atoms with Crippen LogP contribution in [0.2, 0.25) is 0 Å². The highest BCUT2D eigenvalue weighted by Gasteiger charge is 2.08. The lowest BCUT2D eigenvalue weighted by molar-refractivity contribution is -0.137.